The van der Waals surface area contributed by atoms with Gasteiger partial charge in [-0.15, -0.1) is 0 Å². The fraction of sp³-hybridized carbons (Fsp3) is 0.455. The molecule has 1 aromatic rings. The molecule has 1 aromatic heterocycles. The highest BCUT2D eigenvalue weighted by Gasteiger charge is 2.28. The first kappa shape index (κ1) is 10.9. The van der Waals surface area contributed by atoms with Crippen molar-refractivity contribution in [2.24, 2.45) is 5.73 Å². The Morgan fingerprint density at radius 2 is 2.38 bits per heavy atom. The lowest BCUT2D eigenvalue weighted by Gasteiger charge is -2.22. The van der Waals surface area contributed by atoms with Gasteiger partial charge in [0.15, 0.2) is 0 Å². The molecule has 1 saturated heterocycles. The number of primary amides is 1. The summed E-state index contributed by atoms with van der Waals surface area (Å²) < 4.78 is 0. The number of aliphatic hydroxyl groups is 1. The lowest BCUT2D eigenvalue weighted by atomic mass is 10.2. The Bertz CT molecular complexity index is 391. The minimum Gasteiger partial charge on any atom is -0.391 e. The number of anilines is 1. The number of hydrogen-bond donors (Lipinski definition) is 2. The second kappa shape index (κ2) is 4.09. The quantitative estimate of drug-likeness (QED) is 0.744. The maximum Gasteiger partial charge on any atom is 0.250 e. The van der Waals surface area contributed by atoms with Crippen LogP contribution in [0.25, 0.3) is 0 Å². The average Bonchev–Trinajstić information content (AvgIpc) is 2.58. The van der Waals surface area contributed by atoms with Gasteiger partial charge >= 0.3 is 0 Å². The molecule has 1 amide bonds. The molecule has 2 atom stereocenters. The summed E-state index contributed by atoms with van der Waals surface area (Å²) >= 11 is 0. The molecule has 2 heterocycles. The van der Waals surface area contributed by atoms with Crippen LogP contribution >= 0.6 is 0 Å². The van der Waals surface area contributed by atoms with Crippen molar-refractivity contribution in [1.82, 2.24) is 4.98 Å². The fourth-order valence-corrected chi connectivity index (χ4v) is 2.02. The van der Waals surface area contributed by atoms with E-state index >= 15 is 0 Å². The number of pyridine rings is 1. The minimum absolute atomic E-state index is 0.266. The number of nitrogens with two attached hydrogens (primary N) is 1. The Kier molecular flexibility index (Phi) is 2.78. The molecule has 0 radical (unpaired) electrons. The van der Waals surface area contributed by atoms with E-state index in [1.165, 1.54) is 6.20 Å². The number of aromatic nitrogens is 1. The third-order valence-corrected chi connectivity index (χ3v) is 2.88. The molecule has 1 aliphatic heterocycles. The summed E-state index contributed by atoms with van der Waals surface area (Å²) in [5.74, 6) is 0.294. The number of hydrogen-bond acceptors (Lipinski definition) is 4. The van der Waals surface area contributed by atoms with Crippen LogP contribution in [0.2, 0.25) is 0 Å². The molecule has 3 N–H and O–H groups in total. The van der Waals surface area contributed by atoms with E-state index in [4.69, 9.17) is 5.73 Å². The van der Waals surface area contributed by atoms with Gasteiger partial charge < -0.3 is 15.7 Å². The van der Waals surface area contributed by atoms with E-state index in [0.717, 1.165) is 12.2 Å². The van der Waals surface area contributed by atoms with Gasteiger partial charge in [0.05, 0.1) is 11.7 Å². The zero-order chi connectivity index (χ0) is 11.7. The first-order valence-electron chi connectivity index (χ1n) is 5.28. The summed E-state index contributed by atoms with van der Waals surface area (Å²) in [6.45, 7) is 2.63. The summed E-state index contributed by atoms with van der Waals surface area (Å²) in [6, 6.07) is 3.68. The normalized spacial score (nSPS) is 24.8. The number of β-amino-alcohol motifs (C(OH)–C–C–N with tert-alkyl or cyclic N) is 1. The molecule has 2 unspecified atom stereocenters. The maximum absolute atomic E-state index is 10.9. The predicted molar refractivity (Wildman–Crippen MR) is 60.2 cm³/mol. The summed E-state index contributed by atoms with van der Waals surface area (Å²) in [4.78, 5) is 17.1. The highest BCUT2D eigenvalue weighted by Crippen LogP contribution is 2.23. The van der Waals surface area contributed by atoms with Crippen molar-refractivity contribution in [3.8, 4) is 0 Å². The Morgan fingerprint density at radius 3 is 2.81 bits per heavy atom. The topological polar surface area (TPSA) is 79.5 Å². The van der Waals surface area contributed by atoms with Gasteiger partial charge in [0, 0.05) is 18.8 Å². The summed E-state index contributed by atoms with van der Waals surface area (Å²) in [5.41, 5.74) is 5.53. The fourth-order valence-electron chi connectivity index (χ4n) is 2.02. The monoisotopic (exact) mass is 221 g/mol. The number of carbonyl (C=O) groups excluding carboxylic acids is 1. The molecule has 0 bridgehead atoms. The van der Waals surface area contributed by atoms with Gasteiger partial charge in [0.1, 0.15) is 5.82 Å². The van der Waals surface area contributed by atoms with Crippen molar-refractivity contribution < 1.29 is 9.90 Å². The van der Waals surface area contributed by atoms with E-state index in [1.54, 1.807) is 12.1 Å². The van der Waals surface area contributed by atoms with Crippen molar-refractivity contribution in [2.75, 3.05) is 11.4 Å². The largest absolute Gasteiger partial charge is 0.391 e. The second-order valence-electron chi connectivity index (χ2n) is 4.16. The highest BCUT2D eigenvalue weighted by molar-refractivity contribution is 5.92. The number of amides is 1. The first-order valence-corrected chi connectivity index (χ1v) is 5.28. The number of nitrogens with zero attached hydrogens (tertiary/aromatic N) is 2. The van der Waals surface area contributed by atoms with Crippen LogP contribution < -0.4 is 10.6 Å². The number of carbonyl (C=O) groups is 1. The minimum atomic E-state index is -0.478. The lowest BCUT2D eigenvalue weighted by molar-refractivity contribution is 0.1000. The van der Waals surface area contributed by atoms with E-state index in [9.17, 15) is 9.90 Å². The zero-order valence-electron chi connectivity index (χ0n) is 9.13. The van der Waals surface area contributed by atoms with Crippen LogP contribution in [0.5, 0.6) is 0 Å². The molecule has 1 fully saturated rings. The molecule has 0 aliphatic carbocycles. The Hall–Kier alpha value is -1.62. The number of aliphatic hydroxyl groups excluding tert-OH is 1. The van der Waals surface area contributed by atoms with Crippen molar-refractivity contribution in [3.05, 3.63) is 23.9 Å². The van der Waals surface area contributed by atoms with Crippen molar-refractivity contribution in [1.29, 1.82) is 0 Å². The Morgan fingerprint density at radius 1 is 1.62 bits per heavy atom. The average molecular weight is 221 g/mol. The molecular weight excluding hydrogens is 206 g/mol. The van der Waals surface area contributed by atoms with Gasteiger partial charge in [-0.25, -0.2) is 4.98 Å². The van der Waals surface area contributed by atoms with Gasteiger partial charge in [-0.2, -0.15) is 0 Å². The Balaban J connectivity index is 2.19. The second-order valence-corrected chi connectivity index (χ2v) is 4.16. The molecule has 1 aliphatic rings. The smallest absolute Gasteiger partial charge is 0.250 e. The number of rotatable bonds is 2. The SMILES string of the molecule is CC1CC(O)CN1c1ccc(C(N)=O)cn1. The zero-order valence-corrected chi connectivity index (χ0v) is 9.13. The van der Waals surface area contributed by atoms with Crippen LogP contribution in [-0.2, 0) is 0 Å². The lowest BCUT2D eigenvalue weighted by Crippen LogP contribution is -2.28. The van der Waals surface area contributed by atoms with Crippen molar-refractivity contribution in [2.45, 2.75) is 25.5 Å². The van der Waals surface area contributed by atoms with E-state index in [-0.39, 0.29) is 12.1 Å². The molecular formula is C11H15N3O2. The molecule has 86 valence electrons. The molecule has 16 heavy (non-hydrogen) atoms. The highest BCUT2D eigenvalue weighted by atomic mass is 16.3. The van der Waals surface area contributed by atoms with Crippen LogP contribution in [-0.4, -0.2) is 34.7 Å². The third-order valence-electron chi connectivity index (χ3n) is 2.88. The first-order chi connectivity index (χ1) is 7.58. The molecule has 0 aromatic carbocycles. The molecule has 2 rings (SSSR count). The molecule has 0 spiro atoms. The van der Waals surface area contributed by atoms with E-state index in [1.807, 2.05) is 11.8 Å². The van der Waals surface area contributed by atoms with Gasteiger partial charge in [0.25, 0.3) is 0 Å². The van der Waals surface area contributed by atoms with E-state index in [2.05, 4.69) is 4.98 Å². The van der Waals surface area contributed by atoms with Crippen LogP contribution in [0.3, 0.4) is 0 Å². The van der Waals surface area contributed by atoms with Crippen LogP contribution in [0, 0.1) is 0 Å². The van der Waals surface area contributed by atoms with Gasteiger partial charge in [-0.05, 0) is 25.5 Å². The van der Waals surface area contributed by atoms with Crippen LogP contribution in [0.15, 0.2) is 18.3 Å². The summed E-state index contributed by atoms with van der Waals surface area (Å²) in [5, 5.41) is 9.53. The van der Waals surface area contributed by atoms with Gasteiger partial charge in [-0.3, -0.25) is 4.79 Å². The summed E-state index contributed by atoms with van der Waals surface area (Å²) in [6.07, 6.45) is 1.92. The molecule has 5 heteroatoms. The van der Waals surface area contributed by atoms with Crippen LogP contribution in [0.1, 0.15) is 23.7 Å². The van der Waals surface area contributed by atoms with Gasteiger partial charge in [0.2, 0.25) is 5.91 Å². The Labute approximate surface area is 93.9 Å². The van der Waals surface area contributed by atoms with Crippen molar-refractivity contribution in [3.63, 3.8) is 0 Å². The summed E-state index contributed by atoms with van der Waals surface area (Å²) in [7, 11) is 0. The molecule has 5 nitrogen and oxygen atoms in total. The van der Waals surface area contributed by atoms with Crippen LogP contribution in [0.4, 0.5) is 5.82 Å². The van der Waals surface area contributed by atoms with E-state index in [0.29, 0.717) is 12.1 Å². The molecule has 0 saturated carbocycles. The van der Waals surface area contributed by atoms with Crippen molar-refractivity contribution >= 4 is 11.7 Å². The van der Waals surface area contributed by atoms with E-state index < -0.39 is 5.91 Å². The standard InChI is InChI=1S/C11H15N3O2/c1-7-4-9(15)6-14(7)10-3-2-8(5-13-10)11(12)16/h2-3,5,7,9,15H,4,6H2,1H3,(H2,12,16). The maximum atomic E-state index is 10.9. The van der Waals surface area contributed by atoms with Gasteiger partial charge in [-0.1, -0.05) is 0 Å². The third kappa shape index (κ3) is 1.99. The predicted octanol–water partition coefficient (Wildman–Crippen LogP) is 0.140.